The predicted molar refractivity (Wildman–Crippen MR) is 62.9 cm³/mol. The van der Waals surface area contributed by atoms with E-state index < -0.39 is 0 Å². The Balaban J connectivity index is 1.66. The van der Waals surface area contributed by atoms with E-state index in [0.29, 0.717) is 0 Å². The molecule has 0 unspecified atom stereocenters. The van der Waals surface area contributed by atoms with Crippen molar-refractivity contribution in [1.82, 2.24) is 15.3 Å². The van der Waals surface area contributed by atoms with Gasteiger partial charge in [-0.2, -0.15) is 0 Å². The second kappa shape index (κ2) is 5.28. The number of aromatic nitrogens is 2. The third kappa shape index (κ3) is 4.01. The molecule has 0 aliphatic heterocycles. The summed E-state index contributed by atoms with van der Waals surface area (Å²) in [4.78, 5) is 8.22. The maximum absolute atomic E-state index is 4.20. The lowest BCUT2D eigenvalue weighted by Gasteiger charge is -2.05. The number of nitrogens with zero attached hydrogens (tertiary/aromatic N) is 2. The third-order valence-electron chi connectivity index (χ3n) is 2.18. The summed E-state index contributed by atoms with van der Waals surface area (Å²) in [5, 5.41) is 4.41. The van der Waals surface area contributed by atoms with Gasteiger partial charge in [0.05, 0.1) is 6.20 Å². The minimum Gasteiger partial charge on any atom is -0.310 e. The van der Waals surface area contributed by atoms with Gasteiger partial charge in [0, 0.05) is 30.7 Å². The van der Waals surface area contributed by atoms with Crippen LogP contribution in [0, 0.1) is 0 Å². The van der Waals surface area contributed by atoms with Crippen LogP contribution < -0.4 is 5.32 Å². The van der Waals surface area contributed by atoms with E-state index in [9.17, 15) is 0 Å². The van der Waals surface area contributed by atoms with Crippen molar-refractivity contribution in [3.05, 3.63) is 30.7 Å². The Bertz CT molecular complexity index is 322. The van der Waals surface area contributed by atoms with E-state index >= 15 is 0 Å². The maximum Gasteiger partial charge on any atom is 0.115 e. The predicted octanol–water partition coefficient (Wildman–Crippen LogP) is 1.88. The zero-order chi connectivity index (χ0) is 10.5. The van der Waals surface area contributed by atoms with E-state index in [-0.39, 0.29) is 0 Å². The van der Waals surface area contributed by atoms with Crippen LogP contribution in [0.3, 0.4) is 0 Å². The molecule has 1 heterocycles. The van der Waals surface area contributed by atoms with E-state index in [1.165, 1.54) is 18.4 Å². The monoisotopic (exact) mass is 221 g/mol. The van der Waals surface area contributed by atoms with E-state index in [1.807, 2.05) is 0 Å². The second-order valence-electron chi connectivity index (χ2n) is 3.74. The molecule has 4 heteroatoms. The highest BCUT2D eigenvalue weighted by molar-refractivity contribution is 7.99. The van der Waals surface area contributed by atoms with Gasteiger partial charge in [0.15, 0.2) is 0 Å². The Morgan fingerprint density at radius 2 is 2.40 bits per heavy atom. The van der Waals surface area contributed by atoms with E-state index in [0.717, 1.165) is 23.4 Å². The molecule has 0 bridgehead atoms. The number of hydrogen-bond donors (Lipinski definition) is 1. The molecule has 0 amide bonds. The smallest absolute Gasteiger partial charge is 0.115 e. The zero-order valence-electron chi connectivity index (χ0n) is 8.65. The van der Waals surface area contributed by atoms with Crippen LogP contribution in [0.1, 0.15) is 12.8 Å². The molecule has 1 fully saturated rings. The molecule has 1 aliphatic carbocycles. The molecule has 15 heavy (non-hydrogen) atoms. The van der Waals surface area contributed by atoms with Gasteiger partial charge in [-0.1, -0.05) is 12.2 Å². The molecule has 0 aromatic carbocycles. The highest BCUT2D eigenvalue weighted by Crippen LogP contribution is 2.20. The molecule has 1 N–H and O–H groups in total. The SMILES string of the molecule is C=C(CNC1CC1)CSc1cnccn1. The van der Waals surface area contributed by atoms with E-state index in [4.69, 9.17) is 0 Å². The molecule has 80 valence electrons. The number of thioether (sulfide) groups is 1. The lowest BCUT2D eigenvalue weighted by Crippen LogP contribution is -2.19. The van der Waals surface area contributed by atoms with Gasteiger partial charge in [0.1, 0.15) is 5.03 Å². The number of hydrogen-bond acceptors (Lipinski definition) is 4. The molecular formula is C11H15N3S. The van der Waals surface area contributed by atoms with Gasteiger partial charge >= 0.3 is 0 Å². The van der Waals surface area contributed by atoms with Crippen molar-refractivity contribution in [2.24, 2.45) is 0 Å². The average Bonchev–Trinajstić information content (AvgIpc) is 3.09. The van der Waals surface area contributed by atoms with Crippen molar-refractivity contribution in [1.29, 1.82) is 0 Å². The Hall–Kier alpha value is -0.870. The molecule has 0 spiro atoms. The Morgan fingerprint density at radius 3 is 3.07 bits per heavy atom. The standard InChI is InChI=1S/C11H15N3S/c1-9(6-14-10-2-3-10)8-15-11-7-12-4-5-13-11/h4-5,7,10,14H,1-3,6,8H2. The Morgan fingerprint density at radius 1 is 1.53 bits per heavy atom. The molecule has 1 saturated carbocycles. The highest BCUT2D eigenvalue weighted by Gasteiger charge is 2.19. The largest absolute Gasteiger partial charge is 0.310 e. The summed E-state index contributed by atoms with van der Waals surface area (Å²) >= 11 is 1.69. The number of nitrogens with one attached hydrogen (secondary N) is 1. The summed E-state index contributed by atoms with van der Waals surface area (Å²) in [5.74, 6) is 0.915. The Kier molecular flexibility index (Phi) is 3.75. The van der Waals surface area contributed by atoms with Crippen LogP contribution in [0.25, 0.3) is 0 Å². The topological polar surface area (TPSA) is 37.8 Å². The molecule has 0 saturated heterocycles. The highest BCUT2D eigenvalue weighted by atomic mass is 32.2. The average molecular weight is 221 g/mol. The van der Waals surface area contributed by atoms with Gasteiger partial charge in [0.25, 0.3) is 0 Å². The molecule has 1 aromatic rings. The first-order chi connectivity index (χ1) is 7.34. The van der Waals surface area contributed by atoms with Gasteiger partial charge in [-0.05, 0) is 12.8 Å². The van der Waals surface area contributed by atoms with Gasteiger partial charge < -0.3 is 5.32 Å². The van der Waals surface area contributed by atoms with Crippen LogP contribution in [0.5, 0.6) is 0 Å². The molecule has 3 nitrogen and oxygen atoms in total. The Labute approximate surface area is 94.4 Å². The van der Waals surface area contributed by atoms with Crippen LogP contribution in [0.2, 0.25) is 0 Å². The molecular weight excluding hydrogens is 206 g/mol. The lowest BCUT2D eigenvalue weighted by molar-refractivity contribution is 0.736. The van der Waals surface area contributed by atoms with Gasteiger partial charge in [-0.25, -0.2) is 4.98 Å². The summed E-state index contributed by atoms with van der Waals surface area (Å²) < 4.78 is 0. The van der Waals surface area contributed by atoms with Crippen LogP contribution >= 0.6 is 11.8 Å². The van der Waals surface area contributed by atoms with Crippen molar-refractivity contribution >= 4 is 11.8 Å². The first-order valence-electron chi connectivity index (χ1n) is 5.13. The van der Waals surface area contributed by atoms with Crippen LogP contribution in [-0.2, 0) is 0 Å². The molecule has 2 rings (SSSR count). The minimum absolute atomic E-state index is 0.753. The second-order valence-corrected chi connectivity index (χ2v) is 4.73. The fourth-order valence-corrected chi connectivity index (χ4v) is 1.89. The quantitative estimate of drug-likeness (QED) is 0.588. The fraction of sp³-hybridized carbons (Fsp3) is 0.455. The molecule has 1 aliphatic rings. The van der Waals surface area contributed by atoms with E-state index in [2.05, 4.69) is 21.9 Å². The normalized spacial score (nSPS) is 15.2. The first kappa shape index (κ1) is 10.6. The molecule has 0 atom stereocenters. The summed E-state index contributed by atoms with van der Waals surface area (Å²) in [6.45, 7) is 4.97. The van der Waals surface area contributed by atoms with Crippen LogP contribution in [0.4, 0.5) is 0 Å². The minimum atomic E-state index is 0.753. The summed E-state index contributed by atoms with van der Waals surface area (Å²) in [6.07, 6.45) is 7.84. The van der Waals surface area contributed by atoms with Crippen molar-refractivity contribution in [2.75, 3.05) is 12.3 Å². The maximum atomic E-state index is 4.20. The van der Waals surface area contributed by atoms with Gasteiger partial charge in [0.2, 0.25) is 0 Å². The van der Waals surface area contributed by atoms with Crippen molar-refractivity contribution in [2.45, 2.75) is 23.9 Å². The number of rotatable bonds is 6. The molecule has 1 aromatic heterocycles. The van der Waals surface area contributed by atoms with Gasteiger partial charge in [-0.3, -0.25) is 4.98 Å². The zero-order valence-corrected chi connectivity index (χ0v) is 9.46. The first-order valence-corrected chi connectivity index (χ1v) is 6.12. The lowest BCUT2D eigenvalue weighted by atomic mass is 10.3. The van der Waals surface area contributed by atoms with Crippen molar-refractivity contribution in [3.8, 4) is 0 Å². The third-order valence-corrected chi connectivity index (χ3v) is 3.24. The summed E-state index contributed by atoms with van der Waals surface area (Å²) in [5.41, 5.74) is 1.22. The van der Waals surface area contributed by atoms with Crippen molar-refractivity contribution in [3.63, 3.8) is 0 Å². The van der Waals surface area contributed by atoms with E-state index in [1.54, 1.807) is 30.4 Å². The van der Waals surface area contributed by atoms with Crippen LogP contribution in [-0.4, -0.2) is 28.3 Å². The summed E-state index contributed by atoms with van der Waals surface area (Å²) in [7, 11) is 0. The van der Waals surface area contributed by atoms with Crippen molar-refractivity contribution < 1.29 is 0 Å². The van der Waals surface area contributed by atoms with Crippen LogP contribution in [0.15, 0.2) is 35.8 Å². The molecule has 0 radical (unpaired) electrons. The van der Waals surface area contributed by atoms with Gasteiger partial charge in [-0.15, -0.1) is 11.8 Å². The fourth-order valence-electron chi connectivity index (χ4n) is 1.16. The summed E-state index contributed by atoms with van der Waals surface area (Å²) in [6, 6.07) is 0.753.